The maximum atomic E-state index is 13.6. The van der Waals surface area contributed by atoms with Crippen LogP contribution in [-0.2, 0) is 13.0 Å². The van der Waals surface area contributed by atoms with E-state index >= 15 is 0 Å². The van der Waals surface area contributed by atoms with Crippen molar-refractivity contribution in [3.8, 4) is 22.5 Å². The molecule has 2 N–H and O–H groups in total. The fraction of sp³-hybridized carbons (Fsp3) is 0.379. The van der Waals surface area contributed by atoms with E-state index in [9.17, 15) is 19.5 Å². The van der Waals surface area contributed by atoms with E-state index in [1.807, 2.05) is 55.5 Å². The molecule has 10 heteroatoms. The lowest BCUT2D eigenvalue weighted by atomic mass is 9.87. The van der Waals surface area contributed by atoms with Gasteiger partial charge in [0.05, 0.1) is 12.2 Å². The van der Waals surface area contributed by atoms with Crippen molar-refractivity contribution < 1.29 is 14.7 Å². The minimum absolute atomic E-state index is 0.172. The largest absolute Gasteiger partial charge is 0.477 e. The molecule has 2 aromatic carbocycles. The molecule has 2 aromatic heterocycles. The van der Waals surface area contributed by atoms with Gasteiger partial charge in [-0.25, -0.2) is 14.2 Å². The fourth-order valence-electron chi connectivity index (χ4n) is 5.60. The number of tetrazole rings is 1. The van der Waals surface area contributed by atoms with Gasteiger partial charge in [-0.15, -0.1) is 10.2 Å². The molecule has 10 nitrogen and oxygen atoms in total. The molecule has 0 aliphatic heterocycles. The lowest BCUT2D eigenvalue weighted by Gasteiger charge is -2.20. The SMILES string of the molecule is CCCc1c(C(=O)O)n(C(=O)CC2CCCCC2)c(=O)n1Cc1ccc(-c2ccccc2-c2nn[nH]n2)cc1. The van der Waals surface area contributed by atoms with Gasteiger partial charge in [-0.05, 0) is 47.1 Å². The van der Waals surface area contributed by atoms with Crippen LogP contribution in [0.25, 0.3) is 22.5 Å². The summed E-state index contributed by atoms with van der Waals surface area (Å²) in [6.45, 7) is 2.10. The molecular weight excluding hydrogens is 496 g/mol. The quantitative estimate of drug-likeness (QED) is 0.318. The number of nitrogens with one attached hydrogen (secondary N) is 1. The van der Waals surface area contributed by atoms with E-state index in [4.69, 9.17) is 0 Å². The standard InChI is InChI=1S/C29H32N6O4/c1-2-8-24-26(28(37)38)35(25(36)17-19-9-4-3-5-10-19)29(39)34(24)18-20-13-15-21(16-14-20)22-11-6-7-12-23(22)27-30-32-33-31-27/h6-7,11-16,19H,2-5,8-10,17-18H2,1H3,(H,37,38)(H,30,31,32,33). The first kappa shape index (κ1) is 26.3. The smallest absolute Gasteiger partial charge is 0.354 e. The highest BCUT2D eigenvalue weighted by atomic mass is 16.4. The Kier molecular flexibility index (Phi) is 7.81. The first-order chi connectivity index (χ1) is 19.0. The van der Waals surface area contributed by atoms with Crippen LogP contribution in [0, 0.1) is 5.92 Å². The zero-order valence-electron chi connectivity index (χ0n) is 22.0. The average Bonchev–Trinajstić information content (AvgIpc) is 3.58. The average molecular weight is 529 g/mol. The molecule has 1 fully saturated rings. The summed E-state index contributed by atoms with van der Waals surface area (Å²) in [5.41, 5.74) is 3.13. The summed E-state index contributed by atoms with van der Waals surface area (Å²) in [4.78, 5) is 39.2. The number of aromatic carboxylic acids is 1. The lowest BCUT2D eigenvalue weighted by Crippen LogP contribution is -2.32. The van der Waals surface area contributed by atoms with Gasteiger partial charge in [0.1, 0.15) is 0 Å². The van der Waals surface area contributed by atoms with Crippen molar-refractivity contribution in [1.29, 1.82) is 0 Å². The van der Waals surface area contributed by atoms with Crippen LogP contribution in [0.1, 0.15) is 78.4 Å². The second-order valence-corrected chi connectivity index (χ2v) is 10.1. The molecule has 4 aromatic rings. The van der Waals surface area contributed by atoms with Gasteiger partial charge in [0.2, 0.25) is 11.7 Å². The van der Waals surface area contributed by atoms with Crippen LogP contribution in [0.3, 0.4) is 0 Å². The summed E-state index contributed by atoms with van der Waals surface area (Å²) in [6, 6.07) is 15.4. The summed E-state index contributed by atoms with van der Waals surface area (Å²) in [7, 11) is 0. The Labute approximate surface area is 225 Å². The van der Waals surface area contributed by atoms with Gasteiger partial charge in [0, 0.05) is 12.0 Å². The van der Waals surface area contributed by atoms with Crippen LogP contribution < -0.4 is 5.69 Å². The third kappa shape index (κ3) is 5.45. The number of benzene rings is 2. The maximum Gasteiger partial charge on any atom is 0.354 e. The van der Waals surface area contributed by atoms with Crippen molar-refractivity contribution in [3.63, 3.8) is 0 Å². The third-order valence-corrected chi connectivity index (χ3v) is 7.49. The minimum atomic E-state index is -1.25. The lowest BCUT2D eigenvalue weighted by molar-refractivity contribution is 0.0666. The van der Waals surface area contributed by atoms with Crippen molar-refractivity contribution in [2.24, 2.45) is 5.92 Å². The molecule has 0 saturated heterocycles. The van der Waals surface area contributed by atoms with Crippen LogP contribution in [0.4, 0.5) is 0 Å². The number of aromatic amines is 1. The van der Waals surface area contributed by atoms with Gasteiger partial charge in [0.25, 0.3) is 0 Å². The molecule has 0 atom stereocenters. The topological polar surface area (TPSA) is 136 Å². The molecule has 5 rings (SSSR count). The molecule has 1 aliphatic rings. The summed E-state index contributed by atoms with van der Waals surface area (Å²) in [5.74, 6) is -0.986. The second-order valence-electron chi connectivity index (χ2n) is 10.1. The van der Waals surface area contributed by atoms with Gasteiger partial charge >= 0.3 is 11.7 Å². The minimum Gasteiger partial charge on any atom is -0.477 e. The van der Waals surface area contributed by atoms with Crippen LogP contribution in [0.5, 0.6) is 0 Å². The molecular formula is C29H32N6O4. The molecule has 202 valence electrons. The van der Waals surface area contributed by atoms with Crippen LogP contribution in [0.15, 0.2) is 53.3 Å². The van der Waals surface area contributed by atoms with Gasteiger partial charge in [-0.1, -0.05) is 81.1 Å². The van der Waals surface area contributed by atoms with E-state index in [2.05, 4.69) is 20.6 Å². The Bertz CT molecular complexity index is 1510. The van der Waals surface area contributed by atoms with Gasteiger partial charge in [-0.2, -0.15) is 5.21 Å². The monoisotopic (exact) mass is 528 g/mol. The van der Waals surface area contributed by atoms with Crippen molar-refractivity contribution in [2.45, 2.75) is 64.8 Å². The Morgan fingerprint density at radius 2 is 1.74 bits per heavy atom. The number of carbonyl (C=O) groups is 2. The summed E-state index contributed by atoms with van der Waals surface area (Å²) >= 11 is 0. The van der Waals surface area contributed by atoms with Gasteiger partial charge < -0.3 is 5.11 Å². The van der Waals surface area contributed by atoms with Crippen LogP contribution in [0.2, 0.25) is 0 Å². The number of aromatic nitrogens is 6. The normalized spacial score (nSPS) is 14.0. The maximum absolute atomic E-state index is 13.6. The highest BCUT2D eigenvalue weighted by molar-refractivity contribution is 5.93. The molecule has 0 radical (unpaired) electrons. The van der Waals surface area contributed by atoms with E-state index in [1.165, 1.54) is 4.57 Å². The number of carboxylic acids is 1. The number of carbonyl (C=O) groups excluding carboxylic acids is 1. The highest BCUT2D eigenvalue weighted by Crippen LogP contribution is 2.30. The van der Waals surface area contributed by atoms with E-state index < -0.39 is 17.6 Å². The van der Waals surface area contributed by atoms with Gasteiger partial charge in [0.15, 0.2) is 5.69 Å². The molecule has 0 unspecified atom stereocenters. The van der Waals surface area contributed by atoms with E-state index in [1.54, 1.807) is 0 Å². The molecule has 39 heavy (non-hydrogen) atoms. The Morgan fingerprint density at radius 1 is 1.03 bits per heavy atom. The Balaban J connectivity index is 1.47. The number of nitrogens with zero attached hydrogens (tertiary/aromatic N) is 5. The molecule has 0 amide bonds. The zero-order chi connectivity index (χ0) is 27.4. The number of hydrogen-bond acceptors (Lipinski definition) is 6. The summed E-state index contributed by atoms with van der Waals surface area (Å²) in [6.07, 6.45) is 6.39. The highest BCUT2D eigenvalue weighted by Gasteiger charge is 2.29. The predicted octanol–water partition coefficient (Wildman–Crippen LogP) is 4.81. The van der Waals surface area contributed by atoms with E-state index in [0.717, 1.165) is 58.9 Å². The van der Waals surface area contributed by atoms with Crippen molar-refractivity contribution >= 4 is 11.9 Å². The number of hydrogen-bond donors (Lipinski definition) is 2. The van der Waals surface area contributed by atoms with Crippen molar-refractivity contribution in [2.75, 3.05) is 0 Å². The summed E-state index contributed by atoms with van der Waals surface area (Å²) in [5, 5.41) is 24.4. The Morgan fingerprint density at radius 3 is 2.38 bits per heavy atom. The number of imidazole rings is 1. The molecule has 2 heterocycles. The number of carboxylic acid groups (broad SMARTS) is 1. The first-order valence-electron chi connectivity index (χ1n) is 13.5. The fourth-order valence-corrected chi connectivity index (χ4v) is 5.60. The summed E-state index contributed by atoms with van der Waals surface area (Å²) < 4.78 is 2.37. The van der Waals surface area contributed by atoms with E-state index in [0.29, 0.717) is 24.4 Å². The van der Waals surface area contributed by atoms with Gasteiger partial charge in [-0.3, -0.25) is 9.36 Å². The molecule has 1 aliphatic carbocycles. The zero-order valence-corrected chi connectivity index (χ0v) is 22.0. The second kappa shape index (κ2) is 11.6. The van der Waals surface area contributed by atoms with Crippen molar-refractivity contribution in [1.82, 2.24) is 29.8 Å². The Hall–Kier alpha value is -4.34. The van der Waals surface area contributed by atoms with Crippen molar-refractivity contribution in [3.05, 3.63) is 76.0 Å². The molecule has 1 saturated carbocycles. The van der Waals surface area contributed by atoms with Crippen LogP contribution in [-0.4, -0.2) is 46.7 Å². The first-order valence-corrected chi connectivity index (χ1v) is 13.5. The third-order valence-electron chi connectivity index (χ3n) is 7.49. The van der Waals surface area contributed by atoms with E-state index in [-0.39, 0.29) is 24.6 Å². The number of rotatable bonds is 9. The molecule has 0 spiro atoms. The number of H-pyrrole nitrogens is 1. The molecule has 0 bridgehead atoms. The van der Waals surface area contributed by atoms with Crippen LogP contribution >= 0.6 is 0 Å². The predicted molar refractivity (Wildman–Crippen MR) is 146 cm³/mol.